The van der Waals surface area contributed by atoms with Crippen LogP contribution in [0.1, 0.15) is 41.3 Å². The SMILES string of the molecule is CC(C)[C@@H](NC(=O)OCC1c2ccccc2-c2ccccc21)C(=O)Nc1c(F)cccc1C(=O)O. The van der Waals surface area contributed by atoms with E-state index >= 15 is 0 Å². The number of halogens is 1. The molecule has 0 saturated carbocycles. The van der Waals surface area contributed by atoms with Crippen LogP contribution in [0.4, 0.5) is 14.9 Å². The highest BCUT2D eigenvalue weighted by molar-refractivity contribution is 6.03. The molecule has 0 saturated heterocycles. The molecule has 3 aromatic carbocycles. The lowest BCUT2D eigenvalue weighted by atomic mass is 9.98. The summed E-state index contributed by atoms with van der Waals surface area (Å²) in [6.45, 7) is 3.48. The normalized spacial score (nSPS) is 13.0. The molecule has 8 heteroatoms. The van der Waals surface area contributed by atoms with Gasteiger partial charge in [-0.1, -0.05) is 68.4 Å². The van der Waals surface area contributed by atoms with E-state index in [1.54, 1.807) is 13.8 Å². The number of carboxylic acids is 1. The molecule has 4 rings (SSSR count). The van der Waals surface area contributed by atoms with Crippen LogP contribution in [-0.4, -0.2) is 35.7 Å². The molecule has 3 aromatic rings. The summed E-state index contributed by atoms with van der Waals surface area (Å²) in [6, 6.07) is 18.2. The first kappa shape index (κ1) is 23.9. The molecule has 1 aliphatic carbocycles. The van der Waals surface area contributed by atoms with Gasteiger partial charge in [0, 0.05) is 5.92 Å². The van der Waals surface area contributed by atoms with Gasteiger partial charge in [-0.25, -0.2) is 14.0 Å². The van der Waals surface area contributed by atoms with Gasteiger partial charge < -0.3 is 20.5 Å². The summed E-state index contributed by atoms with van der Waals surface area (Å²) >= 11 is 0. The number of fused-ring (bicyclic) bond motifs is 3. The van der Waals surface area contributed by atoms with Gasteiger partial charge in [-0.3, -0.25) is 4.79 Å². The van der Waals surface area contributed by atoms with Crippen molar-refractivity contribution in [3.05, 3.63) is 89.2 Å². The lowest BCUT2D eigenvalue weighted by Gasteiger charge is -2.23. The number of aromatic carboxylic acids is 1. The van der Waals surface area contributed by atoms with Gasteiger partial charge in [0.15, 0.2) is 0 Å². The lowest BCUT2D eigenvalue weighted by Crippen LogP contribution is -2.47. The fourth-order valence-corrected chi connectivity index (χ4v) is 4.33. The number of benzene rings is 3. The van der Waals surface area contributed by atoms with E-state index in [1.165, 1.54) is 12.1 Å². The zero-order valence-corrected chi connectivity index (χ0v) is 19.2. The largest absolute Gasteiger partial charge is 0.478 e. The molecule has 3 N–H and O–H groups in total. The lowest BCUT2D eigenvalue weighted by molar-refractivity contribution is -0.119. The maximum atomic E-state index is 14.2. The van der Waals surface area contributed by atoms with Crippen LogP contribution in [0.25, 0.3) is 11.1 Å². The second-order valence-electron chi connectivity index (χ2n) is 8.65. The Morgan fingerprint density at radius 2 is 1.54 bits per heavy atom. The number of amides is 2. The Morgan fingerprint density at radius 3 is 2.11 bits per heavy atom. The quantitative estimate of drug-likeness (QED) is 0.444. The van der Waals surface area contributed by atoms with Gasteiger partial charge in [-0.2, -0.15) is 0 Å². The Bertz CT molecular complexity index is 1240. The van der Waals surface area contributed by atoms with Crippen LogP contribution in [0.3, 0.4) is 0 Å². The second-order valence-corrected chi connectivity index (χ2v) is 8.65. The van der Waals surface area contributed by atoms with Crippen LogP contribution in [-0.2, 0) is 9.53 Å². The molecule has 35 heavy (non-hydrogen) atoms. The fourth-order valence-electron chi connectivity index (χ4n) is 4.33. The van der Waals surface area contributed by atoms with Gasteiger partial charge in [-0.05, 0) is 40.3 Å². The Hall–Kier alpha value is -4.20. The molecule has 0 heterocycles. The zero-order valence-electron chi connectivity index (χ0n) is 19.2. The number of para-hydroxylation sites is 1. The molecule has 2 amide bonds. The number of carbonyl (C=O) groups excluding carboxylic acids is 2. The van der Waals surface area contributed by atoms with Gasteiger partial charge in [0.2, 0.25) is 5.91 Å². The van der Waals surface area contributed by atoms with Crippen molar-refractivity contribution in [2.75, 3.05) is 11.9 Å². The van der Waals surface area contributed by atoms with Crippen molar-refractivity contribution in [2.24, 2.45) is 5.92 Å². The monoisotopic (exact) mass is 476 g/mol. The first-order valence-corrected chi connectivity index (χ1v) is 11.2. The highest BCUT2D eigenvalue weighted by atomic mass is 19.1. The third-order valence-corrected chi connectivity index (χ3v) is 6.06. The van der Waals surface area contributed by atoms with Gasteiger partial charge in [0.25, 0.3) is 0 Å². The molecule has 180 valence electrons. The molecule has 7 nitrogen and oxygen atoms in total. The fraction of sp³-hybridized carbons (Fsp3) is 0.222. The highest BCUT2D eigenvalue weighted by Crippen LogP contribution is 2.44. The zero-order chi connectivity index (χ0) is 25.1. The molecule has 0 aliphatic heterocycles. The Balaban J connectivity index is 1.45. The number of rotatable bonds is 7. The predicted molar refractivity (Wildman–Crippen MR) is 129 cm³/mol. The van der Waals surface area contributed by atoms with Crippen LogP contribution in [0.5, 0.6) is 0 Å². The topological polar surface area (TPSA) is 105 Å². The van der Waals surface area contributed by atoms with E-state index in [2.05, 4.69) is 10.6 Å². The van der Waals surface area contributed by atoms with Crippen LogP contribution in [0.2, 0.25) is 0 Å². The van der Waals surface area contributed by atoms with Crippen molar-refractivity contribution in [1.82, 2.24) is 5.32 Å². The maximum Gasteiger partial charge on any atom is 0.407 e. The van der Waals surface area contributed by atoms with Crippen molar-refractivity contribution < 1.29 is 28.6 Å². The molecule has 0 aromatic heterocycles. The van der Waals surface area contributed by atoms with Crippen molar-refractivity contribution in [2.45, 2.75) is 25.8 Å². The molecule has 0 spiro atoms. The molecule has 1 atom stereocenters. The summed E-state index contributed by atoms with van der Waals surface area (Å²) in [5, 5.41) is 14.1. The molecular formula is C27H25FN2O5. The summed E-state index contributed by atoms with van der Waals surface area (Å²) in [4.78, 5) is 36.9. The molecule has 0 radical (unpaired) electrons. The van der Waals surface area contributed by atoms with Crippen LogP contribution >= 0.6 is 0 Å². The third kappa shape index (κ3) is 4.87. The van der Waals surface area contributed by atoms with E-state index < -0.39 is 35.5 Å². The number of alkyl carbamates (subject to hydrolysis) is 1. The number of carboxylic acid groups (broad SMARTS) is 1. The first-order chi connectivity index (χ1) is 16.8. The third-order valence-electron chi connectivity index (χ3n) is 6.06. The van der Waals surface area contributed by atoms with Crippen LogP contribution in [0, 0.1) is 11.7 Å². The number of hydrogen-bond acceptors (Lipinski definition) is 4. The molecule has 0 unspecified atom stereocenters. The van der Waals surface area contributed by atoms with Crippen molar-refractivity contribution in [3.8, 4) is 11.1 Å². The van der Waals surface area contributed by atoms with Crippen LogP contribution < -0.4 is 10.6 Å². The molecule has 0 fully saturated rings. The van der Waals surface area contributed by atoms with Crippen molar-refractivity contribution in [1.29, 1.82) is 0 Å². The second kappa shape index (κ2) is 9.97. The van der Waals surface area contributed by atoms with E-state index in [4.69, 9.17) is 4.74 Å². The van der Waals surface area contributed by atoms with Gasteiger partial charge in [0.05, 0.1) is 11.3 Å². The Kier molecular flexibility index (Phi) is 6.82. The van der Waals surface area contributed by atoms with E-state index in [9.17, 15) is 23.9 Å². The predicted octanol–water partition coefficient (Wildman–Crippen LogP) is 5.03. The smallest absolute Gasteiger partial charge is 0.407 e. The van der Waals surface area contributed by atoms with Gasteiger partial charge in [-0.15, -0.1) is 0 Å². The number of hydrogen-bond donors (Lipinski definition) is 3. The Morgan fingerprint density at radius 1 is 0.943 bits per heavy atom. The average Bonchev–Trinajstić information content (AvgIpc) is 3.15. The molecule has 1 aliphatic rings. The highest BCUT2D eigenvalue weighted by Gasteiger charge is 2.31. The van der Waals surface area contributed by atoms with Crippen LogP contribution in [0.15, 0.2) is 66.7 Å². The average molecular weight is 477 g/mol. The number of anilines is 1. The minimum absolute atomic E-state index is 0.0722. The van der Waals surface area contributed by atoms with Crippen molar-refractivity contribution >= 4 is 23.7 Å². The molecule has 0 bridgehead atoms. The summed E-state index contributed by atoms with van der Waals surface area (Å²) in [6.07, 6.45) is -0.798. The minimum atomic E-state index is -1.38. The summed E-state index contributed by atoms with van der Waals surface area (Å²) < 4.78 is 19.8. The van der Waals surface area contributed by atoms with Gasteiger partial charge in [0.1, 0.15) is 18.5 Å². The number of nitrogens with one attached hydrogen (secondary N) is 2. The van der Waals surface area contributed by atoms with E-state index in [0.717, 1.165) is 28.3 Å². The number of ether oxygens (including phenoxy) is 1. The van der Waals surface area contributed by atoms with E-state index in [1.807, 2.05) is 48.5 Å². The van der Waals surface area contributed by atoms with Gasteiger partial charge >= 0.3 is 12.1 Å². The summed E-state index contributed by atoms with van der Waals surface area (Å²) in [7, 11) is 0. The first-order valence-electron chi connectivity index (χ1n) is 11.2. The maximum absolute atomic E-state index is 14.2. The standard InChI is InChI=1S/C27H25FN2O5/c1-15(2)23(25(31)29-24-20(26(32)33)12-7-13-22(24)28)30-27(34)35-14-21-18-10-5-3-8-16(18)17-9-4-6-11-19(17)21/h3-13,15,21,23H,14H2,1-2H3,(H,29,31)(H,30,34)(H,32,33)/t23-/m1/s1. The Labute approximate surface area is 201 Å². The number of carbonyl (C=O) groups is 3. The van der Waals surface area contributed by atoms with E-state index in [-0.39, 0.29) is 24.0 Å². The molecular weight excluding hydrogens is 451 g/mol. The van der Waals surface area contributed by atoms with Crippen molar-refractivity contribution in [3.63, 3.8) is 0 Å². The summed E-state index contributed by atoms with van der Waals surface area (Å²) in [5.74, 6) is -3.54. The summed E-state index contributed by atoms with van der Waals surface area (Å²) in [5.41, 5.74) is 3.46. The minimum Gasteiger partial charge on any atom is -0.478 e. The van der Waals surface area contributed by atoms with E-state index in [0.29, 0.717) is 0 Å².